The fourth-order valence-corrected chi connectivity index (χ4v) is 2.08. The number of carbonyl (C=O) groups is 1. The third-order valence-corrected chi connectivity index (χ3v) is 3.19. The van der Waals surface area contributed by atoms with Gasteiger partial charge in [0.05, 0.1) is 11.7 Å². The van der Waals surface area contributed by atoms with Crippen LogP contribution in [0.4, 0.5) is 5.69 Å². The van der Waals surface area contributed by atoms with Gasteiger partial charge in [-0.25, -0.2) is 0 Å². The zero-order valence-electron chi connectivity index (χ0n) is 12.6. The fraction of sp³-hybridized carbons (Fsp3) is 0.0588. The summed E-state index contributed by atoms with van der Waals surface area (Å²) in [5.74, 6) is -0.749. The van der Waals surface area contributed by atoms with Crippen LogP contribution < -0.4 is 0 Å². The van der Waals surface area contributed by atoms with Crippen LogP contribution in [0.25, 0.3) is 10.9 Å². The Balaban J connectivity index is 1.59. The predicted octanol–water partition coefficient (Wildman–Crippen LogP) is 3.53. The lowest BCUT2D eigenvalue weighted by Gasteiger charge is -1.94. The third kappa shape index (κ3) is 3.64. The van der Waals surface area contributed by atoms with E-state index in [1.165, 1.54) is 6.21 Å². The van der Waals surface area contributed by atoms with E-state index < -0.39 is 5.91 Å². The summed E-state index contributed by atoms with van der Waals surface area (Å²) in [4.78, 5) is 19.3. The predicted molar refractivity (Wildman–Crippen MR) is 89.5 cm³/mol. The monoisotopic (exact) mass is 322 g/mol. The van der Waals surface area contributed by atoms with Gasteiger partial charge >= 0.3 is 5.91 Å². The molecule has 2 aromatic carbocycles. The lowest BCUT2D eigenvalue weighted by molar-refractivity contribution is -0.122. The van der Waals surface area contributed by atoms with Crippen molar-refractivity contribution in [2.45, 2.75) is 0 Å². The number of hydrogen-bond acceptors (Lipinski definition) is 5. The molecule has 0 spiro atoms. The summed E-state index contributed by atoms with van der Waals surface area (Å²) < 4.78 is 0. The molecule has 0 bridgehead atoms. The average Bonchev–Trinajstić information content (AvgIpc) is 2.93. The molecule has 0 unspecified atom stereocenters. The molecule has 2 N–H and O–H groups in total. The van der Waals surface area contributed by atoms with Gasteiger partial charge in [0.1, 0.15) is 0 Å². The Morgan fingerprint density at radius 1 is 1.12 bits per heavy atom. The molecule has 0 radical (unpaired) electrons. The summed E-state index contributed by atoms with van der Waals surface area (Å²) >= 11 is 0. The second-order valence-electron chi connectivity index (χ2n) is 4.88. The molecule has 1 amide bonds. The van der Waals surface area contributed by atoms with E-state index in [1.54, 1.807) is 18.2 Å². The number of hydrogen-bond donors (Lipinski definition) is 2. The van der Waals surface area contributed by atoms with Gasteiger partial charge in [0.2, 0.25) is 5.88 Å². The highest BCUT2D eigenvalue weighted by Gasteiger charge is 2.10. The molecule has 3 rings (SSSR count). The smallest absolute Gasteiger partial charge is 0.304 e. The first-order chi connectivity index (χ1) is 11.7. The molecule has 1 aromatic heterocycles. The molecule has 24 heavy (non-hydrogen) atoms. The highest BCUT2D eigenvalue weighted by atomic mass is 16.6. The molecule has 0 atom stereocenters. The molecule has 120 valence electrons. The van der Waals surface area contributed by atoms with Crippen LogP contribution in [0.1, 0.15) is 5.56 Å². The summed E-state index contributed by atoms with van der Waals surface area (Å²) in [6.45, 7) is -0.337. The van der Waals surface area contributed by atoms with E-state index >= 15 is 0 Å². The van der Waals surface area contributed by atoms with Gasteiger partial charge in [-0.1, -0.05) is 53.7 Å². The molecule has 7 nitrogen and oxygen atoms in total. The van der Waals surface area contributed by atoms with Crippen LogP contribution in [0.15, 0.2) is 70.0 Å². The summed E-state index contributed by atoms with van der Waals surface area (Å²) in [7, 11) is 0. The van der Waals surface area contributed by atoms with Crippen LogP contribution in [0.5, 0.6) is 5.88 Å². The van der Waals surface area contributed by atoms with Gasteiger partial charge in [-0.15, -0.1) is 10.2 Å². The Hall–Kier alpha value is -3.48. The van der Waals surface area contributed by atoms with E-state index in [1.807, 2.05) is 36.4 Å². The van der Waals surface area contributed by atoms with Crippen molar-refractivity contribution in [2.24, 2.45) is 15.4 Å². The number of aromatic hydroxyl groups is 1. The SMILES string of the molecule is O=C(CO/N=C\c1ccccc1)N=Nc1c(O)[nH]c2ccccc12. The highest BCUT2D eigenvalue weighted by molar-refractivity contribution is 5.94. The number of aromatic amines is 1. The number of para-hydroxylation sites is 1. The fourth-order valence-electron chi connectivity index (χ4n) is 2.08. The van der Waals surface area contributed by atoms with Crippen LogP contribution in [-0.4, -0.2) is 28.8 Å². The zero-order chi connectivity index (χ0) is 16.8. The average molecular weight is 322 g/mol. The Morgan fingerprint density at radius 2 is 1.88 bits per heavy atom. The number of nitrogens with zero attached hydrogens (tertiary/aromatic N) is 3. The van der Waals surface area contributed by atoms with E-state index in [0.29, 0.717) is 10.9 Å². The standard InChI is InChI=1S/C17H14N4O3/c22-15(11-24-18-10-12-6-2-1-3-7-12)20-21-16-13-8-4-5-9-14(13)19-17(16)23/h1-10,19,23H,11H2/b18-10-,21-20?. The van der Waals surface area contributed by atoms with Crippen LogP contribution in [0.2, 0.25) is 0 Å². The van der Waals surface area contributed by atoms with E-state index in [9.17, 15) is 9.90 Å². The minimum atomic E-state index is -0.607. The van der Waals surface area contributed by atoms with Gasteiger partial charge in [0, 0.05) is 5.39 Å². The number of oxime groups is 1. The molecular weight excluding hydrogens is 308 g/mol. The number of H-pyrrole nitrogens is 1. The number of aromatic nitrogens is 1. The molecule has 0 aliphatic carbocycles. The molecule has 0 aliphatic rings. The normalized spacial score (nSPS) is 11.5. The van der Waals surface area contributed by atoms with Crippen LogP contribution in [0.3, 0.4) is 0 Å². The topological polar surface area (TPSA) is 99.4 Å². The van der Waals surface area contributed by atoms with E-state index in [2.05, 4.69) is 20.4 Å². The quantitative estimate of drug-likeness (QED) is 0.427. The molecule has 0 saturated heterocycles. The Morgan fingerprint density at radius 3 is 2.71 bits per heavy atom. The lowest BCUT2D eigenvalue weighted by atomic mass is 10.2. The molecule has 0 fully saturated rings. The van der Waals surface area contributed by atoms with Gasteiger partial charge < -0.3 is 14.9 Å². The maximum atomic E-state index is 11.6. The maximum absolute atomic E-state index is 11.6. The van der Waals surface area contributed by atoms with Crippen LogP contribution >= 0.6 is 0 Å². The molecule has 0 aliphatic heterocycles. The Kier molecular flexibility index (Phi) is 4.62. The molecule has 7 heteroatoms. The van der Waals surface area contributed by atoms with Crippen molar-refractivity contribution in [1.29, 1.82) is 0 Å². The van der Waals surface area contributed by atoms with Crippen molar-refractivity contribution in [3.05, 3.63) is 60.2 Å². The molecule has 1 heterocycles. The number of fused-ring (bicyclic) bond motifs is 1. The molecule has 3 aromatic rings. The van der Waals surface area contributed by atoms with Gasteiger partial charge in [-0.3, -0.25) is 4.79 Å². The van der Waals surface area contributed by atoms with E-state index in [4.69, 9.17) is 4.84 Å². The third-order valence-electron chi connectivity index (χ3n) is 3.19. The minimum Gasteiger partial charge on any atom is -0.493 e. The second kappa shape index (κ2) is 7.19. The lowest BCUT2D eigenvalue weighted by Crippen LogP contribution is -2.01. The Bertz CT molecular complexity index is 901. The van der Waals surface area contributed by atoms with Crippen molar-refractivity contribution >= 4 is 28.7 Å². The summed E-state index contributed by atoms with van der Waals surface area (Å²) in [5, 5.41) is 21.5. The number of nitrogens with one attached hydrogen (secondary N) is 1. The van der Waals surface area contributed by atoms with E-state index in [0.717, 1.165) is 5.56 Å². The van der Waals surface area contributed by atoms with Gasteiger partial charge in [-0.2, -0.15) is 0 Å². The van der Waals surface area contributed by atoms with Gasteiger partial charge in [0.25, 0.3) is 0 Å². The van der Waals surface area contributed by atoms with Crippen molar-refractivity contribution < 1.29 is 14.7 Å². The van der Waals surface area contributed by atoms with Gasteiger partial charge in [-0.05, 0) is 11.6 Å². The van der Waals surface area contributed by atoms with Crippen molar-refractivity contribution in [2.75, 3.05) is 6.61 Å². The Labute approximate surface area is 137 Å². The zero-order valence-corrected chi connectivity index (χ0v) is 12.6. The molecule has 0 saturated carbocycles. The number of rotatable bonds is 5. The highest BCUT2D eigenvalue weighted by Crippen LogP contribution is 2.35. The number of amides is 1. The van der Waals surface area contributed by atoms with Crippen molar-refractivity contribution in [3.8, 4) is 5.88 Å². The first-order valence-corrected chi connectivity index (χ1v) is 7.18. The number of azo groups is 1. The second-order valence-corrected chi connectivity index (χ2v) is 4.88. The first-order valence-electron chi connectivity index (χ1n) is 7.18. The number of benzene rings is 2. The summed E-state index contributed by atoms with van der Waals surface area (Å²) in [6.07, 6.45) is 1.50. The van der Waals surface area contributed by atoms with Crippen molar-refractivity contribution in [3.63, 3.8) is 0 Å². The summed E-state index contributed by atoms with van der Waals surface area (Å²) in [5.41, 5.74) is 1.78. The van der Waals surface area contributed by atoms with Crippen LogP contribution in [-0.2, 0) is 9.63 Å². The largest absolute Gasteiger partial charge is 0.493 e. The minimum absolute atomic E-state index is 0.143. The van der Waals surface area contributed by atoms with Gasteiger partial charge in [0.15, 0.2) is 12.3 Å². The number of carbonyl (C=O) groups excluding carboxylic acids is 1. The molecular formula is C17H14N4O3. The maximum Gasteiger partial charge on any atom is 0.304 e. The summed E-state index contributed by atoms with van der Waals surface area (Å²) in [6, 6.07) is 16.5. The van der Waals surface area contributed by atoms with Crippen LogP contribution in [0, 0.1) is 0 Å². The van der Waals surface area contributed by atoms with Crippen molar-refractivity contribution in [1.82, 2.24) is 4.98 Å². The van der Waals surface area contributed by atoms with E-state index in [-0.39, 0.29) is 18.2 Å². The first kappa shape index (κ1) is 15.4.